The molecule has 5 nitrogen and oxygen atoms in total. The largest absolute Gasteiger partial charge is 0.340 e. The van der Waals surface area contributed by atoms with Gasteiger partial charge in [0.2, 0.25) is 5.91 Å². The Balaban J connectivity index is 2.88. The predicted octanol–water partition coefficient (Wildman–Crippen LogP) is 2.12. The second-order valence-electron chi connectivity index (χ2n) is 5.57. The van der Waals surface area contributed by atoms with Crippen LogP contribution in [0, 0.1) is 24.2 Å². The summed E-state index contributed by atoms with van der Waals surface area (Å²) in [5, 5.41) is 11.6. The fraction of sp³-hybridized carbons (Fsp3) is 0.471. The van der Waals surface area contributed by atoms with Gasteiger partial charge in [0.05, 0.1) is 6.07 Å². The lowest BCUT2D eigenvalue weighted by Gasteiger charge is -2.27. The number of nitrogens with zero attached hydrogens (tertiary/aromatic N) is 2. The normalized spacial score (nSPS) is 11.6. The smallest absolute Gasteiger partial charge is 0.251 e. The summed E-state index contributed by atoms with van der Waals surface area (Å²) in [6, 6.07) is 8.52. The number of likely N-dealkylation sites (N-methyl/N-ethyl adjacent to an activating group) is 1. The van der Waals surface area contributed by atoms with Crippen molar-refractivity contribution < 1.29 is 9.59 Å². The summed E-state index contributed by atoms with van der Waals surface area (Å²) in [6.45, 7) is 7.98. The van der Waals surface area contributed by atoms with E-state index >= 15 is 0 Å². The molecule has 0 radical (unpaired) electrons. The van der Waals surface area contributed by atoms with Crippen LogP contribution in [0.4, 0.5) is 0 Å². The molecule has 0 aliphatic carbocycles. The summed E-state index contributed by atoms with van der Waals surface area (Å²) < 4.78 is 0. The molecule has 0 spiro atoms. The number of carbonyl (C=O) groups is 2. The Labute approximate surface area is 131 Å². The van der Waals surface area contributed by atoms with E-state index in [2.05, 4.69) is 5.32 Å². The first-order valence-electron chi connectivity index (χ1n) is 7.44. The molecule has 118 valence electrons. The number of amides is 2. The van der Waals surface area contributed by atoms with Gasteiger partial charge in [0, 0.05) is 12.1 Å². The van der Waals surface area contributed by atoms with Gasteiger partial charge in [-0.1, -0.05) is 31.5 Å². The Bertz CT molecular complexity index is 558. The van der Waals surface area contributed by atoms with Crippen LogP contribution in [-0.2, 0) is 4.79 Å². The van der Waals surface area contributed by atoms with Gasteiger partial charge in [-0.2, -0.15) is 5.26 Å². The van der Waals surface area contributed by atoms with Gasteiger partial charge in [0.15, 0.2) is 0 Å². The van der Waals surface area contributed by atoms with Crippen molar-refractivity contribution in [1.29, 1.82) is 5.26 Å². The summed E-state index contributed by atoms with van der Waals surface area (Å²) >= 11 is 0. The van der Waals surface area contributed by atoms with E-state index in [1.807, 2.05) is 45.9 Å². The van der Waals surface area contributed by atoms with Crippen molar-refractivity contribution >= 4 is 11.8 Å². The summed E-state index contributed by atoms with van der Waals surface area (Å²) in [5.41, 5.74) is 1.59. The molecule has 0 saturated carbocycles. The molecule has 1 atom stereocenters. The van der Waals surface area contributed by atoms with E-state index < -0.39 is 6.04 Å². The first-order valence-corrected chi connectivity index (χ1v) is 7.44. The molecule has 0 saturated heterocycles. The highest BCUT2D eigenvalue weighted by Crippen LogP contribution is 2.09. The van der Waals surface area contributed by atoms with Crippen LogP contribution in [0.25, 0.3) is 0 Å². The maximum Gasteiger partial charge on any atom is 0.251 e. The van der Waals surface area contributed by atoms with Crippen molar-refractivity contribution in [3.63, 3.8) is 0 Å². The summed E-state index contributed by atoms with van der Waals surface area (Å²) in [4.78, 5) is 26.2. The van der Waals surface area contributed by atoms with Gasteiger partial charge in [-0.25, -0.2) is 0 Å². The zero-order valence-corrected chi connectivity index (χ0v) is 13.6. The first kappa shape index (κ1) is 17.7. The van der Waals surface area contributed by atoms with Crippen LogP contribution in [0.2, 0.25) is 0 Å². The molecular weight excluding hydrogens is 278 g/mol. The third kappa shape index (κ3) is 4.59. The van der Waals surface area contributed by atoms with Crippen molar-refractivity contribution in [3.8, 4) is 6.07 Å². The molecule has 0 bridgehead atoms. The van der Waals surface area contributed by atoms with E-state index in [1.54, 1.807) is 12.1 Å². The lowest BCUT2D eigenvalue weighted by molar-refractivity contribution is -0.133. The summed E-state index contributed by atoms with van der Waals surface area (Å²) in [7, 11) is 0. The Morgan fingerprint density at radius 2 is 1.86 bits per heavy atom. The van der Waals surface area contributed by atoms with Gasteiger partial charge in [-0.3, -0.25) is 9.59 Å². The third-order valence-corrected chi connectivity index (χ3v) is 3.49. The molecule has 1 unspecified atom stereocenters. The van der Waals surface area contributed by atoms with Gasteiger partial charge < -0.3 is 10.2 Å². The quantitative estimate of drug-likeness (QED) is 0.818. The van der Waals surface area contributed by atoms with E-state index in [9.17, 15) is 9.59 Å². The number of hydrogen-bond donors (Lipinski definition) is 1. The minimum atomic E-state index is -0.637. The van der Waals surface area contributed by atoms with Crippen LogP contribution in [0.5, 0.6) is 0 Å². The molecule has 5 heteroatoms. The van der Waals surface area contributed by atoms with Crippen LogP contribution in [0.15, 0.2) is 24.3 Å². The minimum absolute atomic E-state index is 0.0267. The molecule has 1 N–H and O–H groups in total. The Kier molecular flexibility index (Phi) is 6.58. The van der Waals surface area contributed by atoms with Crippen LogP contribution in [-0.4, -0.2) is 35.8 Å². The second kappa shape index (κ2) is 8.18. The molecule has 1 aromatic rings. The van der Waals surface area contributed by atoms with Gasteiger partial charge in [0.1, 0.15) is 12.6 Å². The predicted molar refractivity (Wildman–Crippen MR) is 85.1 cm³/mol. The first-order chi connectivity index (χ1) is 10.4. The van der Waals surface area contributed by atoms with Gasteiger partial charge in [-0.15, -0.1) is 0 Å². The van der Waals surface area contributed by atoms with E-state index in [-0.39, 0.29) is 24.3 Å². The van der Waals surface area contributed by atoms with E-state index in [0.29, 0.717) is 12.1 Å². The van der Waals surface area contributed by atoms with E-state index in [0.717, 1.165) is 5.56 Å². The average Bonchev–Trinajstić information content (AvgIpc) is 2.49. The van der Waals surface area contributed by atoms with Crippen molar-refractivity contribution in [2.45, 2.75) is 33.7 Å². The van der Waals surface area contributed by atoms with Crippen LogP contribution in [0.1, 0.15) is 36.7 Å². The molecule has 1 aromatic carbocycles. The average molecular weight is 301 g/mol. The summed E-state index contributed by atoms with van der Waals surface area (Å²) in [6.07, 6.45) is 0. The van der Waals surface area contributed by atoms with Crippen molar-refractivity contribution in [2.75, 3.05) is 13.1 Å². The van der Waals surface area contributed by atoms with Crippen molar-refractivity contribution in [2.24, 2.45) is 5.92 Å². The molecular formula is C17H23N3O2. The highest BCUT2D eigenvalue weighted by Gasteiger charge is 2.28. The number of carbonyl (C=O) groups excluding carboxylic acids is 2. The topological polar surface area (TPSA) is 73.2 Å². The number of benzene rings is 1. The van der Waals surface area contributed by atoms with E-state index in [4.69, 9.17) is 5.26 Å². The zero-order valence-electron chi connectivity index (χ0n) is 13.6. The number of rotatable bonds is 6. The molecule has 0 aliphatic rings. The molecule has 0 aromatic heterocycles. The van der Waals surface area contributed by atoms with Crippen LogP contribution in [0.3, 0.4) is 0 Å². The van der Waals surface area contributed by atoms with Crippen molar-refractivity contribution in [3.05, 3.63) is 35.4 Å². The number of nitrogens with one attached hydrogen (secondary N) is 1. The lowest BCUT2D eigenvalue weighted by atomic mass is 10.0. The lowest BCUT2D eigenvalue weighted by Crippen LogP contribution is -2.51. The SMILES string of the molecule is CCN(CC#N)C(=O)C(NC(=O)c1ccc(C)cc1)C(C)C. The fourth-order valence-corrected chi connectivity index (χ4v) is 2.07. The second-order valence-corrected chi connectivity index (χ2v) is 5.57. The highest BCUT2D eigenvalue weighted by molar-refractivity contribution is 5.97. The van der Waals surface area contributed by atoms with Crippen LogP contribution < -0.4 is 5.32 Å². The van der Waals surface area contributed by atoms with Crippen LogP contribution >= 0.6 is 0 Å². The fourth-order valence-electron chi connectivity index (χ4n) is 2.07. The zero-order chi connectivity index (χ0) is 16.7. The van der Waals surface area contributed by atoms with E-state index in [1.165, 1.54) is 4.90 Å². The Hall–Kier alpha value is -2.35. The molecule has 2 amide bonds. The maximum atomic E-state index is 12.5. The Morgan fingerprint density at radius 1 is 1.27 bits per heavy atom. The third-order valence-electron chi connectivity index (χ3n) is 3.49. The molecule has 0 heterocycles. The minimum Gasteiger partial charge on any atom is -0.340 e. The summed E-state index contributed by atoms with van der Waals surface area (Å²) in [5.74, 6) is -0.561. The monoisotopic (exact) mass is 301 g/mol. The molecule has 0 aliphatic heterocycles. The van der Waals surface area contributed by atoms with Gasteiger partial charge in [-0.05, 0) is 31.9 Å². The molecule has 0 fully saturated rings. The number of hydrogen-bond acceptors (Lipinski definition) is 3. The van der Waals surface area contributed by atoms with Gasteiger partial charge in [0.25, 0.3) is 5.91 Å². The number of nitriles is 1. The standard InChI is InChI=1S/C17H23N3O2/c1-5-20(11-10-18)17(22)15(12(2)3)19-16(21)14-8-6-13(4)7-9-14/h6-9,12,15H,5,11H2,1-4H3,(H,19,21). The highest BCUT2D eigenvalue weighted by atomic mass is 16.2. The maximum absolute atomic E-state index is 12.5. The van der Waals surface area contributed by atoms with Gasteiger partial charge >= 0.3 is 0 Å². The molecule has 1 rings (SSSR count). The number of aryl methyl sites for hydroxylation is 1. The Morgan fingerprint density at radius 3 is 2.32 bits per heavy atom. The molecule has 22 heavy (non-hydrogen) atoms. The van der Waals surface area contributed by atoms with Crippen molar-refractivity contribution in [1.82, 2.24) is 10.2 Å².